The number of phenols is 1. The van der Waals surface area contributed by atoms with E-state index in [4.69, 9.17) is 4.74 Å². The normalized spacial score (nSPS) is 11.2. The van der Waals surface area contributed by atoms with Crippen molar-refractivity contribution in [2.75, 3.05) is 7.11 Å². The van der Waals surface area contributed by atoms with Crippen molar-refractivity contribution in [1.29, 1.82) is 0 Å². The monoisotopic (exact) mass is 344 g/mol. The zero-order chi connectivity index (χ0) is 18.5. The molecule has 3 nitrogen and oxygen atoms in total. The maximum Gasteiger partial charge on any atom is 0.193 e. The molecule has 0 radical (unpaired) electrons. The molecule has 0 bridgehead atoms. The van der Waals surface area contributed by atoms with E-state index < -0.39 is 0 Å². The second kappa shape index (κ2) is 7.70. The molecule has 0 atom stereocenters. The first-order valence-corrected chi connectivity index (χ1v) is 8.34. The van der Waals surface area contributed by atoms with Crippen LogP contribution < -0.4 is 4.74 Å². The number of ether oxygens (including phenoxy) is 1. The number of carbonyl (C=O) groups excluding carboxylic acids is 1. The Morgan fingerprint density at radius 3 is 2.23 bits per heavy atom. The van der Waals surface area contributed by atoms with Crippen molar-refractivity contribution in [1.82, 2.24) is 0 Å². The van der Waals surface area contributed by atoms with Gasteiger partial charge in [0.05, 0.1) is 7.11 Å². The zero-order valence-electron chi connectivity index (χ0n) is 14.8. The topological polar surface area (TPSA) is 46.5 Å². The smallest absolute Gasteiger partial charge is 0.193 e. The molecule has 0 aromatic heterocycles. The number of methoxy groups -OCH3 is 1. The minimum atomic E-state index is -0.0634. The molecule has 0 fully saturated rings. The molecule has 1 N–H and O–H groups in total. The summed E-state index contributed by atoms with van der Waals surface area (Å²) >= 11 is 0. The van der Waals surface area contributed by atoms with Gasteiger partial charge in [-0.15, -0.1) is 0 Å². The van der Waals surface area contributed by atoms with Gasteiger partial charge in [-0.25, -0.2) is 0 Å². The van der Waals surface area contributed by atoms with E-state index in [-0.39, 0.29) is 11.5 Å². The van der Waals surface area contributed by atoms with Crippen LogP contribution in [0.15, 0.2) is 72.8 Å². The van der Waals surface area contributed by atoms with Crippen LogP contribution in [0.25, 0.3) is 11.6 Å². The Morgan fingerprint density at radius 1 is 0.923 bits per heavy atom. The summed E-state index contributed by atoms with van der Waals surface area (Å²) in [5, 5.41) is 10.0. The van der Waals surface area contributed by atoms with Crippen LogP contribution in [0, 0.1) is 6.92 Å². The SMILES string of the molecule is COc1ccc(/C=C(/C(=O)c2ccc(C)cc2)c2ccccc2)cc1O. The number of carbonyl (C=O) groups is 1. The number of hydrogen-bond acceptors (Lipinski definition) is 3. The molecule has 0 saturated carbocycles. The second-order valence-electron chi connectivity index (χ2n) is 6.05. The second-order valence-corrected chi connectivity index (χ2v) is 6.05. The van der Waals surface area contributed by atoms with Crippen LogP contribution in [0.3, 0.4) is 0 Å². The van der Waals surface area contributed by atoms with Crippen molar-refractivity contribution in [3.63, 3.8) is 0 Å². The van der Waals surface area contributed by atoms with Gasteiger partial charge < -0.3 is 9.84 Å². The van der Waals surface area contributed by atoms with Gasteiger partial charge >= 0.3 is 0 Å². The Kier molecular flexibility index (Phi) is 5.18. The summed E-state index contributed by atoms with van der Waals surface area (Å²) < 4.78 is 5.08. The molecule has 0 heterocycles. The van der Waals surface area contributed by atoms with Crippen LogP contribution in [0.1, 0.15) is 27.0 Å². The van der Waals surface area contributed by atoms with Gasteiger partial charge in [-0.3, -0.25) is 4.79 Å². The van der Waals surface area contributed by atoms with Gasteiger partial charge in [-0.2, -0.15) is 0 Å². The molecule has 0 spiro atoms. The molecule has 0 aliphatic carbocycles. The Hall–Kier alpha value is -3.33. The number of rotatable bonds is 5. The third kappa shape index (κ3) is 3.83. The van der Waals surface area contributed by atoms with Crippen LogP contribution in [0.5, 0.6) is 11.5 Å². The fraction of sp³-hybridized carbons (Fsp3) is 0.0870. The van der Waals surface area contributed by atoms with E-state index in [1.54, 1.807) is 18.2 Å². The molecule has 130 valence electrons. The van der Waals surface area contributed by atoms with Crippen molar-refractivity contribution < 1.29 is 14.6 Å². The first-order chi connectivity index (χ1) is 12.6. The molecular formula is C23H20O3. The summed E-state index contributed by atoms with van der Waals surface area (Å²) in [5.74, 6) is 0.372. The van der Waals surface area contributed by atoms with Crippen LogP contribution >= 0.6 is 0 Å². The van der Waals surface area contributed by atoms with Crippen LogP contribution in [-0.4, -0.2) is 18.0 Å². The van der Waals surface area contributed by atoms with Crippen molar-refractivity contribution >= 4 is 17.4 Å². The van der Waals surface area contributed by atoms with Gasteiger partial charge in [0, 0.05) is 11.1 Å². The Bertz CT molecular complexity index is 939. The Balaban J connectivity index is 2.08. The van der Waals surface area contributed by atoms with Crippen molar-refractivity contribution in [3.8, 4) is 11.5 Å². The highest BCUT2D eigenvalue weighted by molar-refractivity contribution is 6.32. The van der Waals surface area contributed by atoms with Crippen molar-refractivity contribution in [2.45, 2.75) is 6.92 Å². The minimum absolute atomic E-state index is 0.0384. The summed E-state index contributed by atoms with van der Waals surface area (Å²) in [5.41, 5.74) is 3.85. The summed E-state index contributed by atoms with van der Waals surface area (Å²) in [7, 11) is 1.50. The Labute approximate surface area is 153 Å². The van der Waals surface area contributed by atoms with Gasteiger partial charge in [0.15, 0.2) is 17.3 Å². The lowest BCUT2D eigenvalue weighted by atomic mass is 9.94. The highest BCUT2D eigenvalue weighted by Gasteiger charge is 2.15. The summed E-state index contributed by atoms with van der Waals surface area (Å²) in [6.45, 7) is 1.99. The largest absolute Gasteiger partial charge is 0.504 e. The third-order valence-electron chi connectivity index (χ3n) is 4.16. The molecule has 3 rings (SSSR count). The van der Waals surface area contributed by atoms with Crippen LogP contribution in [0.4, 0.5) is 0 Å². The molecule has 0 unspecified atom stereocenters. The number of ketones is 1. The molecule has 3 aromatic carbocycles. The van der Waals surface area contributed by atoms with E-state index in [1.165, 1.54) is 7.11 Å². The first kappa shape index (κ1) is 17.5. The fourth-order valence-electron chi connectivity index (χ4n) is 2.72. The van der Waals surface area contributed by atoms with Gasteiger partial charge in [-0.05, 0) is 36.3 Å². The molecular weight excluding hydrogens is 324 g/mol. The van der Waals surface area contributed by atoms with Crippen molar-refractivity contribution in [3.05, 3.63) is 95.1 Å². The molecule has 0 aliphatic rings. The number of aryl methyl sites for hydroxylation is 1. The van der Waals surface area contributed by atoms with Gasteiger partial charge in [0.1, 0.15) is 0 Å². The van der Waals surface area contributed by atoms with Crippen molar-refractivity contribution in [2.24, 2.45) is 0 Å². The molecule has 0 amide bonds. The number of hydrogen-bond donors (Lipinski definition) is 1. The molecule has 26 heavy (non-hydrogen) atoms. The van der Waals surface area contributed by atoms with Gasteiger partial charge in [-0.1, -0.05) is 66.2 Å². The lowest BCUT2D eigenvalue weighted by molar-refractivity contribution is 0.105. The zero-order valence-corrected chi connectivity index (χ0v) is 14.8. The fourth-order valence-corrected chi connectivity index (χ4v) is 2.72. The summed E-state index contributed by atoms with van der Waals surface area (Å²) in [6.07, 6.45) is 1.79. The quantitative estimate of drug-likeness (QED) is 0.396. The number of aromatic hydroxyl groups is 1. The minimum Gasteiger partial charge on any atom is -0.504 e. The standard InChI is InChI=1S/C23H20O3/c1-16-8-11-19(12-9-16)23(25)20(18-6-4-3-5-7-18)14-17-10-13-22(26-2)21(24)15-17/h3-15,24H,1-2H3/b20-14+. The lowest BCUT2D eigenvalue weighted by Crippen LogP contribution is -2.03. The predicted molar refractivity (Wildman–Crippen MR) is 104 cm³/mol. The maximum atomic E-state index is 13.1. The van der Waals surface area contributed by atoms with Gasteiger partial charge in [0.25, 0.3) is 0 Å². The average Bonchev–Trinajstić information content (AvgIpc) is 2.67. The van der Waals surface area contributed by atoms with Gasteiger partial charge in [0.2, 0.25) is 0 Å². The lowest BCUT2D eigenvalue weighted by Gasteiger charge is -2.09. The molecule has 3 aromatic rings. The van der Waals surface area contributed by atoms with E-state index in [0.717, 1.165) is 16.7 Å². The summed E-state index contributed by atoms with van der Waals surface area (Å²) in [6, 6.07) is 22.1. The van der Waals surface area contributed by atoms with Crippen LogP contribution in [0.2, 0.25) is 0 Å². The Morgan fingerprint density at radius 2 is 1.62 bits per heavy atom. The number of benzene rings is 3. The first-order valence-electron chi connectivity index (χ1n) is 8.34. The van der Waals surface area contributed by atoms with E-state index in [2.05, 4.69) is 0 Å². The van der Waals surface area contributed by atoms with E-state index in [9.17, 15) is 9.90 Å². The molecule has 0 aliphatic heterocycles. The highest BCUT2D eigenvalue weighted by atomic mass is 16.5. The van der Waals surface area contributed by atoms with E-state index >= 15 is 0 Å². The van der Waals surface area contributed by atoms with E-state index in [1.807, 2.05) is 67.6 Å². The average molecular weight is 344 g/mol. The highest BCUT2D eigenvalue weighted by Crippen LogP contribution is 2.29. The number of Topliss-reactive ketones (excluding diaryl/α,β-unsaturated/α-hetero) is 1. The molecule has 3 heteroatoms. The van der Waals surface area contributed by atoms with E-state index in [0.29, 0.717) is 16.9 Å². The van der Waals surface area contributed by atoms with Crippen LogP contribution in [-0.2, 0) is 0 Å². The summed E-state index contributed by atoms with van der Waals surface area (Å²) in [4.78, 5) is 13.1. The number of allylic oxidation sites excluding steroid dienone is 1. The predicted octanol–water partition coefficient (Wildman–Crippen LogP) is 5.13. The molecule has 0 saturated heterocycles. The number of phenolic OH excluding ortho intramolecular Hbond substituents is 1. The maximum absolute atomic E-state index is 13.1. The third-order valence-corrected chi connectivity index (χ3v) is 4.16.